The van der Waals surface area contributed by atoms with E-state index in [0.717, 1.165) is 49.1 Å². The van der Waals surface area contributed by atoms with E-state index in [1.54, 1.807) is 6.07 Å². The molecule has 0 spiro atoms. The molecule has 158 valence electrons. The summed E-state index contributed by atoms with van der Waals surface area (Å²) in [5.74, 6) is 0.0726. The van der Waals surface area contributed by atoms with Gasteiger partial charge in [0.2, 0.25) is 5.91 Å². The van der Waals surface area contributed by atoms with Crippen molar-refractivity contribution in [3.8, 4) is 0 Å². The fourth-order valence-electron chi connectivity index (χ4n) is 3.86. The molecule has 0 unspecified atom stereocenters. The Hall–Kier alpha value is -2.18. The van der Waals surface area contributed by atoms with Gasteiger partial charge in [-0.05, 0) is 83.0 Å². The molecule has 2 aromatic rings. The van der Waals surface area contributed by atoms with E-state index in [9.17, 15) is 9.59 Å². The number of carbonyl (C=O) groups excluding carboxylic acids is 1. The Morgan fingerprint density at radius 2 is 1.69 bits per heavy atom. The molecule has 0 radical (unpaired) electrons. The SMILES string of the molecule is Cc1cc2oc(=O)cc(CN3CCCN(CC(=O)NC(C)(C)C)CC3)c2cc1C. The van der Waals surface area contributed by atoms with Gasteiger partial charge in [0.25, 0.3) is 0 Å². The van der Waals surface area contributed by atoms with Crippen LogP contribution >= 0.6 is 0 Å². The first-order valence-corrected chi connectivity index (χ1v) is 10.4. The molecule has 0 atom stereocenters. The number of carbonyl (C=O) groups is 1. The Bertz CT molecular complexity index is 943. The quantitative estimate of drug-likeness (QED) is 0.801. The molecule has 3 rings (SSSR count). The van der Waals surface area contributed by atoms with Gasteiger partial charge in [0.1, 0.15) is 5.58 Å². The molecule has 0 bridgehead atoms. The third-order valence-electron chi connectivity index (χ3n) is 5.40. The van der Waals surface area contributed by atoms with Crippen LogP contribution in [-0.4, -0.2) is 54.0 Å². The molecule has 0 saturated carbocycles. The molecular formula is C23H33N3O3. The average molecular weight is 400 g/mol. The van der Waals surface area contributed by atoms with Crippen LogP contribution < -0.4 is 10.9 Å². The third-order valence-corrected chi connectivity index (χ3v) is 5.40. The van der Waals surface area contributed by atoms with Crippen molar-refractivity contribution in [2.45, 2.75) is 53.1 Å². The lowest BCUT2D eigenvalue weighted by Gasteiger charge is -2.25. The average Bonchev–Trinajstić information content (AvgIpc) is 2.80. The maximum absolute atomic E-state index is 12.2. The van der Waals surface area contributed by atoms with Crippen LogP contribution in [0, 0.1) is 13.8 Å². The number of aryl methyl sites for hydroxylation is 2. The van der Waals surface area contributed by atoms with Gasteiger partial charge >= 0.3 is 5.63 Å². The summed E-state index contributed by atoms with van der Waals surface area (Å²) in [6, 6.07) is 5.69. The van der Waals surface area contributed by atoms with Crippen molar-refractivity contribution >= 4 is 16.9 Å². The third kappa shape index (κ3) is 5.90. The predicted octanol–water partition coefficient (Wildman–Crippen LogP) is 2.83. The maximum atomic E-state index is 12.2. The van der Waals surface area contributed by atoms with E-state index < -0.39 is 0 Å². The zero-order chi connectivity index (χ0) is 21.2. The number of hydrogen-bond acceptors (Lipinski definition) is 5. The molecule has 1 aromatic heterocycles. The first kappa shape index (κ1) is 21.5. The lowest BCUT2D eigenvalue weighted by molar-refractivity contribution is -0.123. The molecule has 1 aliphatic heterocycles. The zero-order valence-electron chi connectivity index (χ0n) is 18.3. The second-order valence-electron chi connectivity index (χ2n) is 9.23. The second-order valence-corrected chi connectivity index (χ2v) is 9.23. The Morgan fingerprint density at radius 3 is 2.41 bits per heavy atom. The monoisotopic (exact) mass is 399 g/mol. The molecule has 1 aliphatic rings. The maximum Gasteiger partial charge on any atom is 0.336 e. The topological polar surface area (TPSA) is 65.8 Å². The molecule has 1 fully saturated rings. The highest BCUT2D eigenvalue weighted by Crippen LogP contribution is 2.23. The number of amides is 1. The lowest BCUT2D eigenvalue weighted by atomic mass is 10.0. The van der Waals surface area contributed by atoms with Crippen LogP contribution in [0.3, 0.4) is 0 Å². The Balaban J connectivity index is 1.68. The molecule has 0 aliphatic carbocycles. The van der Waals surface area contributed by atoms with Gasteiger partial charge in [-0.15, -0.1) is 0 Å². The molecule has 1 aromatic carbocycles. The summed E-state index contributed by atoms with van der Waals surface area (Å²) in [7, 11) is 0. The van der Waals surface area contributed by atoms with Crippen molar-refractivity contribution in [2.24, 2.45) is 0 Å². The smallest absolute Gasteiger partial charge is 0.336 e. The standard InChI is InChI=1S/C23H33N3O3/c1-16-11-19-18(13-22(28)29-20(19)12-17(16)2)14-25-7-6-8-26(10-9-25)15-21(27)24-23(3,4)5/h11-13H,6-10,14-15H2,1-5H3,(H,24,27). The van der Waals surface area contributed by atoms with E-state index in [4.69, 9.17) is 4.42 Å². The molecule has 1 amide bonds. The number of fused-ring (bicyclic) bond motifs is 1. The van der Waals surface area contributed by atoms with Crippen LogP contribution in [0.2, 0.25) is 0 Å². The summed E-state index contributed by atoms with van der Waals surface area (Å²) >= 11 is 0. The molecule has 6 nitrogen and oxygen atoms in total. The van der Waals surface area contributed by atoms with Gasteiger partial charge < -0.3 is 9.73 Å². The van der Waals surface area contributed by atoms with Gasteiger partial charge in [-0.2, -0.15) is 0 Å². The Labute approximate surface area is 172 Å². The highest BCUT2D eigenvalue weighted by atomic mass is 16.4. The minimum Gasteiger partial charge on any atom is -0.423 e. The number of hydrogen-bond donors (Lipinski definition) is 1. The summed E-state index contributed by atoms with van der Waals surface area (Å²) in [4.78, 5) is 28.9. The van der Waals surface area contributed by atoms with Crippen LogP contribution in [0.1, 0.15) is 43.9 Å². The summed E-state index contributed by atoms with van der Waals surface area (Å²) < 4.78 is 5.43. The largest absolute Gasteiger partial charge is 0.423 e. The summed E-state index contributed by atoms with van der Waals surface area (Å²) in [5.41, 5.74) is 3.48. The number of nitrogens with one attached hydrogen (secondary N) is 1. The predicted molar refractivity (Wildman–Crippen MR) is 116 cm³/mol. The van der Waals surface area contributed by atoms with E-state index >= 15 is 0 Å². The number of benzene rings is 1. The van der Waals surface area contributed by atoms with Gasteiger partial charge in [0, 0.05) is 36.6 Å². The van der Waals surface area contributed by atoms with E-state index in [-0.39, 0.29) is 17.1 Å². The summed E-state index contributed by atoms with van der Waals surface area (Å²) in [6.45, 7) is 14.8. The van der Waals surface area contributed by atoms with E-state index in [1.807, 2.05) is 33.8 Å². The van der Waals surface area contributed by atoms with Crippen molar-refractivity contribution in [1.29, 1.82) is 0 Å². The van der Waals surface area contributed by atoms with Crippen molar-refractivity contribution < 1.29 is 9.21 Å². The Kier molecular flexibility index (Phi) is 6.44. The highest BCUT2D eigenvalue weighted by Gasteiger charge is 2.20. The molecule has 2 heterocycles. The molecule has 29 heavy (non-hydrogen) atoms. The van der Waals surface area contributed by atoms with Crippen LogP contribution in [0.4, 0.5) is 0 Å². The van der Waals surface area contributed by atoms with Crippen molar-refractivity contribution in [3.63, 3.8) is 0 Å². The van der Waals surface area contributed by atoms with E-state index in [1.165, 1.54) is 5.56 Å². The molecule has 1 N–H and O–H groups in total. The fourth-order valence-corrected chi connectivity index (χ4v) is 3.86. The van der Waals surface area contributed by atoms with Crippen LogP contribution in [0.5, 0.6) is 0 Å². The molecule has 6 heteroatoms. The van der Waals surface area contributed by atoms with E-state index in [0.29, 0.717) is 18.7 Å². The minimum atomic E-state index is -0.300. The second kappa shape index (κ2) is 8.67. The molecule has 1 saturated heterocycles. The van der Waals surface area contributed by atoms with Crippen LogP contribution in [0.25, 0.3) is 11.0 Å². The van der Waals surface area contributed by atoms with Crippen molar-refractivity contribution in [3.05, 3.63) is 45.3 Å². The van der Waals surface area contributed by atoms with E-state index in [2.05, 4.69) is 28.1 Å². The normalized spacial score (nSPS) is 16.7. The summed E-state index contributed by atoms with van der Waals surface area (Å²) in [5, 5.41) is 4.05. The molecular weight excluding hydrogens is 366 g/mol. The number of rotatable bonds is 4. The zero-order valence-corrected chi connectivity index (χ0v) is 18.3. The van der Waals surface area contributed by atoms with Gasteiger partial charge in [0.05, 0.1) is 6.54 Å². The Morgan fingerprint density at radius 1 is 1.03 bits per heavy atom. The number of nitrogens with zero attached hydrogens (tertiary/aromatic N) is 2. The lowest BCUT2D eigenvalue weighted by Crippen LogP contribution is -2.46. The van der Waals surface area contributed by atoms with Gasteiger partial charge in [0.15, 0.2) is 0 Å². The van der Waals surface area contributed by atoms with Crippen molar-refractivity contribution in [2.75, 3.05) is 32.7 Å². The van der Waals surface area contributed by atoms with Gasteiger partial charge in [-0.1, -0.05) is 0 Å². The van der Waals surface area contributed by atoms with Crippen LogP contribution in [0.15, 0.2) is 27.4 Å². The first-order chi connectivity index (χ1) is 13.6. The van der Waals surface area contributed by atoms with Gasteiger partial charge in [-0.3, -0.25) is 14.6 Å². The first-order valence-electron chi connectivity index (χ1n) is 10.4. The fraction of sp³-hybridized carbons (Fsp3) is 0.565. The van der Waals surface area contributed by atoms with Crippen molar-refractivity contribution in [1.82, 2.24) is 15.1 Å². The summed E-state index contributed by atoms with van der Waals surface area (Å²) in [6.07, 6.45) is 1.00. The van der Waals surface area contributed by atoms with Crippen LogP contribution in [-0.2, 0) is 11.3 Å². The highest BCUT2D eigenvalue weighted by molar-refractivity contribution is 5.82. The minimum absolute atomic E-state index is 0.0726. The van der Waals surface area contributed by atoms with Gasteiger partial charge in [-0.25, -0.2) is 4.79 Å².